The SMILES string of the molecule is COc1ccc(OC)c(CNC(=O)[C@@H]2CCCN(C(=O)c3cc(C)cc(C)c3)C2)c1. The third-order valence-electron chi connectivity index (χ3n) is 5.49. The molecule has 160 valence electrons. The number of ether oxygens (including phenoxy) is 2. The van der Waals surface area contributed by atoms with Crippen molar-refractivity contribution in [3.8, 4) is 11.5 Å². The molecule has 1 saturated heterocycles. The van der Waals surface area contributed by atoms with Crippen molar-refractivity contribution in [2.24, 2.45) is 5.92 Å². The summed E-state index contributed by atoms with van der Waals surface area (Å²) >= 11 is 0. The van der Waals surface area contributed by atoms with Crippen LogP contribution in [0.25, 0.3) is 0 Å². The minimum absolute atomic E-state index is 0.00577. The number of aryl methyl sites for hydroxylation is 2. The number of nitrogens with one attached hydrogen (secondary N) is 1. The third-order valence-corrected chi connectivity index (χ3v) is 5.49. The molecule has 1 atom stereocenters. The summed E-state index contributed by atoms with van der Waals surface area (Å²) in [5.41, 5.74) is 3.67. The highest BCUT2D eigenvalue weighted by atomic mass is 16.5. The lowest BCUT2D eigenvalue weighted by Gasteiger charge is -2.32. The first-order valence-corrected chi connectivity index (χ1v) is 10.3. The normalized spacial score (nSPS) is 16.1. The van der Waals surface area contributed by atoms with Gasteiger partial charge in [-0.05, 0) is 57.0 Å². The maximum Gasteiger partial charge on any atom is 0.253 e. The molecular weight excluding hydrogens is 380 g/mol. The zero-order valence-corrected chi connectivity index (χ0v) is 18.2. The van der Waals surface area contributed by atoms with Crippen LogP contribution >= 0.6 is 0 Å². The Hall–Kier alpha value is -3.02. The second-order valence-corrected chi connectivity index (χ2v) is 7.86. The highest BCUT2D eigenvalue weighted by Crippen LogP contribution is 2.24. The monoisotopic (exact) mass is 410 g/mol. The second kappa shape index (κ2) is 9.65. The minimum Gasteiger partial charge on any atom is -0.497 e. The lowest BCUT2D eigenvalue weighted by molar-refractivity contribution is -0.126. The van der Waals surface area contributed by atoms with E-state index in [4.69, 9.17) is 9.47 Å². The van der Waals surface area contributed by atoms with E-state index in [1.54, 1.807) is 19.1 Å². The van der Waals surface area contributed by atoms with Gasteiger partial charge >= 0.3 is 0 Å². The lowest BCUT2D eigenvalue weighted by Crippen LogP contribution is -2.45. The molecule has 2 amide bonds. The molecule has 30 heavy (non-hydrogen) atoms. The van der Waals surface area contributed by atoms with Crippen molar-refractivity contribution in [3.05, 3.63) is 58.7 Å². The fourth-order valence-corrected chi connectivity index (χ4v) is 4.00. The van der Waals surface area contributed by atoms with Crippen LogP contribution in [0.5, 0.6) is 11.5 Å². The van der Waals surface area contributed by atoms with E-state index in [2.05, 4.69) is 11.4 Å². The van der Waals surface area contributed by atoms with Crippen LogP contribution in [0.1, 0.15) is 39.9 Å². The van der Waals surface area contributed by atoms with Gasteiger partial charge in [-0.3, -0.25) is 9.59 Å². The van der Waals surface area contributed by atoms with Gasteiger partial charge in [-0.2, -0.15) is 0 Å². The first-order valence-electron chi connectivity index (χ1n) is 10.3. The summed E-state index contributed by atoms with van der Waals surface area (Å²) in [4.78, 5) is 27.6. The molecule has 0 aromatic heterocycles. The van der Waals surface area contributed by atoms with Crippen LogP contribution in [-0.4, -0.2) is 44.0 Å². The van der Waals surface area contributed by atoms with E-state index >= 15 is 0 Å². The van der Waals surface area contributed by atoms with E-state index < -0.39 is 0 Å². The molecule has 3 rings (SSSR count). The number of carbonyl (C=O) groups is 2. The van der Waals surface area contributed by atoms with Crippen molar-refractivity contribution >= 4 is 11.8 Å². The second-order valence-electron chi connectivity index (χ2n) is 7.86. The van der Waals surface area contributed by atoms with Gasteiger partial charge in [0.1, 0.15) is 11.5 Å². The van der Waals surface area contributed by atoms with Crippen LogP contribution in [-0.2, 0) is 11.3 Å². The third kappa shape index (κ3) is 5.12. The highest BCUT2D eigenvalue weighted by molar-refractivity contribution is 5.95. The number of benzene rings is 2. The van der Waals surface area contributed by atoms with E-state index in [1.165, 1.54) is 0 Å². The first-order chi connectivity index (χ1) is 14.4. The van der Waals surface area contributed by atoms with E-state index in [9.17, 15) is 9.59 Å². The molecule has 1 aliphatic rings. The van der Waals surface area contributed by atoms with Crippen molar-refractivity contribution < 1.29 is 19.1 Å². The van der Waals surface area contributed by atoms with Crippen LogP contribution in [0.15, 0.2) is 36.4 Å². The molecule has 2 aromatic carbocycles. The number of hydrogen-bond donors (Lipinski definition) is 1. The number of hydrogen-bond acceptors (Lipinski definition) is 4. The quantitative estimate of drug-likeness (QED) is 0.792. The number of nitrogens with zero attached hydrogens (tertiary/aromatic N) is 1. The molecule has 0 bridgehead atoms. The van der Waals surface area contributed by atoms with Gasteiger partial charge in [0, 0.05) is 30.8 Å². The van der Waals surface area contributed by atoms with Crippen molar-refractivity contribution in [3.63, 3.8) is 0 Å². The fourth-order valence-electron chi connectivity index (χ4n) is 4.00. The van der Waals surface area contributed by atoms with Crippen LogP contribution in [0.2, 0.25) is 0 Å². The van der Waals surface area contributed by atoms with E-state index in [0.29, 0.717) is 36.7 Å². The molecule has 0 radical (unpaired) electrons. The molecule has 2 aromatic rings. The Morgan fingerprint density at radius 1 is 1.07 bits per heavy atom. The molecular formula is C24H30N2O4. The number of likely N-dealkylation sites (tertiary alicyclic amines) is 1. The van der Waals surface area contributed by atoms with Gasteiger partial charge in [-0.25, -0.2) is 0 Å². The maximum absolute atomic E-state index is 13.0. The average molecular weight is 411 g/mol. The molecule has 6 heteroatoms. The van der Waals surface area contributed by atoms with Crippen LogP contribution < -0.4 is 14.8 Å². The number of carbonyl (C=O) groups excluding carboxylic acids is 2. The first kappa shape index (κ1) is 21.7. The van der Waals surface area contributed by atoms with Crippen LogP contribution in [0, 0.1) is 19.8 Å². The molecule has 0 aliphatic carbocycles. The molecule has 1 aliphatic heterocycles. The van der Waals surface area contributed by atoms with Gasteiger partial charge in [0.25, 0.3) is 5.91 Å². The molecule has 1 heterocycles. The van der Waals surface area contributed by atoms with Gasteiger partial charge in [-0.15, -0.1) is 0 Å². The standard InChI is InChI=1S/C24H30N2O4/c1-16-10-17(2)12-19(11-16)24(28)26-9-5-6-18(15-26)23(27)25-14-20-13-21(29-3)7-8-22(20)30-4/h7-8,10-13,18H,5-6,9,14-15H2,1-4H3,(H,25,27)/t18-/m1/s1. The van der Waals surface area contributed by atoms with Gasteiger partial charge < -0.3 is 19.7 Å². The van der Waals surface area contributed by atoms with Gasteiger partial charge in [0.2, 0.25) is 5.91 Å². The predicted octanol–water partition coefficient (Wildman–Crippen LogP) is 3.49. The molecule has 1 fully saturated rings. The fraction of sp³-hybridized carbons (Fsp3) is 0.417. The van der Waals surface area contributed by atoms with Gasteiger partial charge in [-0.1, -0.05) is 17.2 Å². The number of piperidine rings is 1. The Labute approximate surface area is 178 Å². The Balaban J connectivity index is 1.64. The summed E-state index contributed by atoms with van der Waals surface area (Å²) in [6.45, 7) is 5.44. The Morgan fingerprint density at radius 2 is 1.80 bits per heavy atom. The summed E-state index contributed by atoms with van der Waals surface area (Å²) < 4.78 is 10.6. The molecule has 6 nitrogen and oxygen atoms in total. The topological polar surface area (TPSA) is 67.9 Å². The summed E-state index contributed by atoms with van der Waals surface area (Å²) in [6.07, 6.45) is 1.59. The highest BCUT2D eigenvalue weighted by Gasteiger charge is 2.29. The number of rotatable bonds is 6. The summed E-state index contributed by atoms with van der Waals surface area (Å²) in [5, 5.41) is 3.00. The Morgan fingerprint density at radius 3 is 2.47 bits per heavy atom. The molecule has 0 saturated carbocycles. The lowest BCUT2D eigenvalue weighted by atomic mass is 9.96. The largest absolute Gasteiger partial charge is 0.497 e. The predicted molar refractivity (Wildman–Crippen MR) is 116 cm³/mol. The average Bonchev–Trinajstić information content (AvgIpc) is 2.76. The van der Waals surface area contributed by atoms with Crippen molar-refractivity contribution in [1.82, 2.24) is 10.2 Å². The number of amides is 2. The summed E-state index contributed by atoms with van der Waals surface area (Å²) in [6, 6.07) is 11.4. The zero-order valence-electron chi connectivity index (χ0n) is 18.2. The zero-order chi connectivity index (χ0) is 21.7. The van der Waals surface area contributed by atoms with E-state index in [1.807, 2.05) is 44.2 Å². The van der Waals surface area contributed by atoms with Crippen molar-refractivity contribution in [2.75, 3.05) is 27.3 Å². The summed E-state index contributed by atoms with van der Waals surface area (Å²) in [7, 11) is 3.21. The smallest absolute Gasteiger partial charge is 0.253 e. The summed E-state index contributed by atoms with van der Waals surface area (Å²) in [5.74, 6) is 1.14. The van der Waals surface area contributed by atoms with Crippen LogP contribution in [0.3, 0.4) is 0 Å². The van der Waals surface area contributed by atoms with E-state index in [-0.39, 0.29) is 17.7 Å². The Kier molecular flexibility index (Phi) is 6.98. The van der Waals surface area contributed by atoms with Crippen LogP contribution in [0.4, 0.5) is 0 Å². The van der Waals surface area contributed by atoms with Crippen molar-refractivity contribution in [2.45, 2.75) is 33.2 Å². The van der Waals surface area contributed by atoms with E-state index in [0.717, 1.165) is 29.5 Å². The van der Waals surface area contributed by atoms with Crippen molar-refractivity contribution in [1.29, 1.82) is 0 Å². The van der Waals surface area contributed by atoms with Gasteiger partial charge in [0.15, 0.2) is 0 Å². The number of methoxy groups -OCH3 is 2. The minimum atomic E-state index is -0.217. The Bertz CT molecular complexity index is 905. The maximum atomic E-state index is 13.0. The van der Waals surface area contributed by atoms with Gasteiger partial charge in [0.05, 0.1) is 20.1 Å². The molecule has 0 unspecified atom stereocenters. The molecule has 1 N–H and O–H groups in total. The molecule has 0 spiro atoms.